The van der Waals surface area contributed by atoms with Crippen LogP contribution in [0.1, 0.15) is 45.2 Å². The molecule has 0 saturated heterocycles. The molecule has 1 atom stereocenters. The average molecular weight is 493 g/mol. The molecule has 0 aliphatic carbocycles. The number of nitrogens with one attached hydrogen (secondary N) is 1. The molecule has 0 saturated carbocycles. The van der Waals surface area contributed by atoms with Crippen LogP contribution in [0.3, 0.4) is 0 Å². The second-order valence-electron chi connectivity index (χ2n) is 7.78. The van der Waals surface area contributed by atoms with Gasteiger partial charge in [0.2, 0.25) is 5.91 Å². The van der Waals surface area contributed by atoms with Crippen molar-refractivity contribution in [3.63, 3.8) is 0 Å². The van der Waals surface area contributed by atoms with Gasteiger partial charge in [-0.1, -0.05) is 12.1 Å². The first-order valence-electron chi connectivity index (χ1n) is 11.1. The van der Waals surface area contributed by atoms with Gasteiger partial charge in [-0.15, -0.1) is 0 Å². The Hall–Kier alpha value is -4.67. The van der Waals surface area contributed by atoms with Crippen LogP contribution in [0.15, 0.2) is 69.9 Å². The fourth-order valence-corrected chi connectivity index (χ4v) is 3.84. The summed E-state index contributed by atoms with van der Waals surface area (Å²) in [5.41, 5.74) is 0.394. The van der Waals surface area contributed by atoms with Gasteiger partial charge in [-0.25, -0.2) is 0 Å². The standard InChI is InChI=1S/C25H23N3O8/c1-2-34-21(30)13-26-23(31)22(19-10-6-12-36-19)27(14-16-7-5-11-35-16)20(29)15-28-24(32)17-8-3-4-9-18(17)25(28)33/h3-12,22H,2,13-15H2,1H3,(H,26,31). The van der Waals surface area contributed by atoms with Gasteiger partial charge in [0.05, 0.1) is 36.8 Å². The smallest absolute Gasteiger partial charge is 0.325 e. The molecular formula is C25H23N3O8. The summed E-state index contributed by atoms with van der Waals surface area (Å²) in [4.78, 5) is 66.2. The van der Waals surface area contributed by atoms with Gasteiger partial charge >= 0.3 is 5.97 Å². The molecule has 0 bridgehead atoms. The minimum atomic E-state index is -1.33. The van der Waals surface area contributed by atoms with Crippen molar-refractivity contribution in [1.29, 1.82) is 0 Å². The Balaban J connectivity index is 1.62. The quantitative estimate of drug-likeness (QED) is 0.334. The summed E-state index contributed by atoms with van der Waals surface area (Å²) >= 11 is 0. The third-order valence-electron chi connectivity index (χ3n) is 5.48. The van der Waals surface area contributed by atoms with Gasteiger partial charge in [0.15, 0.2) is 6.04 Å². The van der Waals surface area contributed by atoms with Crippen LogP contribution in [0.5, 0.6) is 0 Å². The third kappa shape index (κ3) is 5.04. The van der Waals surface area contributed by atoms with Crippen LogP contribution in [-0.4, -0.2) is 59.1 Å². The molecule has 1 N–H and O–H groups in total. The minimum absolute atomic E-state index is 0.110. The Kier molecular flexibility index (Phi) is 7.28. The number of hydrogen-bond donors (Lipinski definition) is 1. The molecule has 36 heavy (non-hydrogen) atoms. The molecule has 1 aliphatic heterocycles. The van der Waals surface area contributed by atoms with Crippen LogP contribution in [0.2, 0.25) is 0 Å². The first kappa shape index (κ1) is 24.5. The van der Waals surface area contributed by atoms with Crippen molar-refractivity contribution in [2.24, 2.45) is 0 Å². The van der Waals surface area contributed by atoms with E-state index >= 15 is 0 Å². The summed E-state index contributed by atoms with van der Waals surface area (Å²) in [5, 5.41) is 2.45. The van der Waals surface area contributed by atoms with Crippen molar-refractivity contribution in [2.45, 2.75) is 19.5 Å². The van der Waals surface area contributed by atoms with Crippen LogP contribution < -0.4 is 5.32 Å². The second kappa shape index (κ2) is 10.7. The van der Waals surface area contributed by atoms with E-state index < -0.39 is 48.7 Å². The lowest BCUT2D eigenvalue weighted by atomic mass is 10.1. The van der Waals surface area contributed by atoms with Crippen molar-refractivity contribution < 1.29 is 37.5 Å². The van der Waals surface area contributed by atoms with Crippen molar-refractivity contribution in [3.05, 3.63) is 83.7 Å². The van der Waals surface area contributed by atoms with Gasteiger partial charge in [0.1, 0.15) is 24.6 Å². The fraction of sp³-hybridized carbons (Fsp3) is 0.240. The van der Waals surface area contributed by atoms with Gasteiger partial charge < -0.3 is 23.8 Å². The van der Waals surface area contributed by atoms with E-state index in [0.29, 0.717) is 5.76 Å². The number of amides is 4. The lowest BCUT2D eigenvalue weighted by Crippen LogP contribution is -2.48. The molecule has 11 nitrogen and oxygen atoms in total. The zero-order valence-corrected chi connectivity index (χ0v) is 19.3. The summed E-state index contributed by atoms with van der Waals surface area (Å²) in [5.74, 6) is -2.85. The van der Waals surface area contributed by atoms with Crippen molar-refractivity contribution in [3.8, 4) is 0 Å². The lowest BCUT2D eigenvalue weighted by molar-refractivity contribution is -0.146. The molecule has 4 amide bonds. The lowest BCUT2D eigenvalue weighted by Gasteiger charge is -2.30. The first-order chi connectivity index (χ1) is 17.4. The number of furan rings is 2. The fourth-order valence-electron chi connectivity index (χ4n) is 3.84. The summed E-state index contributed by atoms with van der Waals surface area (Å²) < 4.78 is 15.7. The number of nitrogens with zero attached hydrogens (tertiary/aromatic N) is 2. The van der Waals surface area contributed by atoms with E-state index in [4.69, 9.17) is 13.6 Å². The SMILES string of the molecule is CCOC(=O)CNC(=O)C(c1ccco1)N(Cc1ccco1)C(=O)CN1C(=O)c2ccccc2C1=O. The van der Waals surface area contributed by atoms with E-state index in [9.17, 15) is 24.0 Å². The van der Waals surface area contributed by atoms with Crippen LogP contribution in [0.25, 0.3) is 0 Å². The maximum atomic E-state index is 13.6. The Morgan fingerprint density at radius 1 is 0.972 bits per heavy atom. The highest BCUT2D eigenvalue weighted by Crippen LogP contribution is 2.27. The van der Waals surface area contributed by atoms with E-state index in [1.165, 1.54) is 30.7 Å². The number of imide groups is 1. The van der Waals surface area contributed by atoms with Crippen molar-refractivity contribution in [1.82, 2.24) is 15.1 Å². The number of benzene rings is 1. The predicted molar refractivity (Wildman–Crippen MR) is 122 cm³/mol. The molecule has 3 aromatic rings. The third-order valence-corrected chi connectivity index (χ3v) is 5.48. The van der Waals surface area contributed by atoms with E-state index in [0.717, 1.165) is 9.80 Å². The van der Waals surface area contributed by atoms with Gasteiger partial charge in [-0.05, 0) is 43.3 Å². The van der Waals surface area contributed by atoms with Gasteiger partial charge in [0.25, 0.3) is 17.7 Å². The number of hydrogen-bond acceptors (Lipinski definition) is 8. The van der Waals surface area contributed by atoms with Crippen LogP contribution in [0, 0.1) is 0 Å². The summed E-state index contributed by atoms with van der Waals surface area (Å²) in [6, 6.07) is 11.2. The van der Waals surface area contributed by atoms with E-state index in [-0.39, 0.29) is 30.0 Å². The van der Waals surface area contributed by atoms with Crippen LogP contribution in [-0.2, 0) is 25.7 Å². The molecule has 0 radical (unpaired) electrons. The molecular weight excluding hydrogens is 470 g/mol. The normalized spacial score (nSPS) is 13.3. The highest BCUT2D eigenvalue weighted by molar-refractivity contribution is 6.22. The minimum Gasteiger partial charge on any atom is -0.467 e. The topological polar surface area (TPSA) is 139 Å². The molecule has 0 spiro atoms. The largest absolute Gasteiger partial charge is 0.467 e. The van der Waals surface area contributed by atoms with Crippen molar-refractivity contribution >= 4 is 29.6 Å². The molecule has 1 aliphatic rings. The molecule has 186 valence electrons. The Morgan fingerprint density at radius 2 is 1.64 bits per heavy atom. The number of rotatable bonds is 10. The maximum Gasteiger partial charge on any atom is 0.325 e. The molecule has 11 heteroatoms. The molecule has 2 aromatic heterocycles. The Bertz CT molecular complexity index is 1230. The highest BCUT2D eigenvalue weighted by atomic mass is 16.5. The number of ether oxygens (including phenoxy) is 1. The Morgan fingerprint density at radius 3 is 2.22 bits per heavy atom. The van der Waals surface area contributed by atoms with Gasteiger partial charge in [0, 0.05) is 0 Å². The van der Waals surface area contributed by atoms with Crippen LogP contribution in [0.4, 0.5) is 0 Å². The Labute approximate surface area is 205 Å². The zero-order valence-electron chi connectivity index (χ0n) is 19.3. The number of carbonyl (C=O) groups excluding carboxylic acids is 5. The van der Waals surface area contributed by atoms with E-state index in [2.05, 4.69) is 5.32 Å². The van der Waals surface area contributed by atoms with Crippen molar-refractivity contribution in [2.75, 3.05) is 19.7 Å². The maximum absolute atomic E-state index is 13.6. The van der Waals surface area contributed by atoms with Gasteiger partial charge in [-0.2, -0.15) is 0 Å². The first-order valence-corrected chi connectivity index (χ1v) is 11.1. The second-order valence-corrected chi connectivity index (χ2v) is 7.78. The predicted octanol–water partition coefficient (Wildman–Crippen LogP) is 1.92. The monoisotopic (exact) mass is 493 g/mol. The highest BCUT2D eigenvalue weighted by Gasteiger charge is 2.40. The summed E-state index contributed by atoms with van der Waals surface area (Å²) in [6.07, 6.45) is 2.74. The van der Waals surface area contributed by atoms with E-state index in [1.807, 2.05) is 0 Å². The molecule has 3 heterocycles. The number of carbonyl (C=O) groups is 5. The van der Waals surface area contributed by atoms with E-state index in [1.54, 1.807) is 37.3 Å². The molecule has 1 aromatic carbocycles. The average Bonchev–Trinajstić information content (AvgIpc) is 3.63. The summed E-state index contributed by atoms with van der Waals surface area (Å²) in [6.45, 7) is 0.557. The zero-order chi connectivity index (χ0) is 25.7. The molecule has 1 unspecified atom stereocenters. The number of fused-ring (bicyclic) bond motifs is 1. The van der Waals surface area contributed by atoms with Crippen LogP contribution >= 0.6 is 0 Å². The molecule has 0 fully saturated rings. The molecule has 4 rings (SSSR count). The number of esters is 1. The van der Waals surface area contributed by atoms with Gasteiger partial charge in [-0.3, -0.25) is 28.9 Å². The summed E-state index contributed by atoms with van der Waals surface area (Å²) in [7, 11) is 0.